The van der Waals surface area contributed by atoms with Crippen molar-refractivity contribution >= 4 is 34.8 Å². The van der Waals surface area contributed by atoms with Gasteiger partial charge in [-0.25, -0.2) is 24.0 Å². The van der Waals surface area contributed by atoms with Crippen LogP contribution in [0.5, 0.6) is 17.2 Å². The summed E-state index contributed by atoms with van der Waals surface area (Å²) in [6.07, 6.45) is -2.34. The smallest absolute Gasteiger partial charge is 0.383 e. The van der Waals surface area contributed by atoms with E-state index in [4.69, 9.17) is 42.3 Å². The van der Waals surface area contributed by atoms with Crippen LogP contribution in [0.1, 0.15) is 80.6 Å². The normalized spacial score (nSPS) is 17.3. The van der Waals surface area contributed by atoms with Crippen LogP contribution in [0.25, 0.3) is 11.0 Å². The first-order valence-corrected chi connectivity index (χ1v) is 24.0. The molecule has 0 unspecified atom stereocenters. The summed E-state index contributed by atoms with van der Waals surface area (Å²) in [7, 11) is 0. The number of allylic oxidation sites excluding steroid dienone is 3. The van der Waals surface area contributed by atoms with Crippen LogP contribution in [0.15, 0.2) is 202 Å². The number of esters is 4. The van der Waals surface area contributed by atoms with Crippen LogP contribution in [0.2, 0.25) is 0 Å². The molecular weight excluding hydrogens is 945 g/mol. The minimum absolute atomic E-state index is 0.0249. The summed E-state index contributed by atoms with van der Waals surface area (Å²) < 4.78 is 55.8. The first-order chi connectivity index (χ1) is 36.0. The maximum Gasteiger partial charge on any atom is 0.383 e. The average molecular weight is 999 g/mol. The molecule has 0 N–H and O–H groups in total. The molecule has 6 aromatic carbocycles. The summed E-state index contributed by atoms with van der Waals surface area (Å²) in [5, 5.41) is 0.358. The number of carbonyl (C=O) groups excluding carboxylic acids is 4. The zero-order valence-corrected chi connectivity index (χ0v) is 41.0. The van der Waals surface area contributed by atoms with E-state index in [2.05, 4.69) is 6.08 Å². The Balaban J connectivity index is 1.19. The molecule has 14 nitrogen and oxygen atoms in total. The van der Waals surface area contributed by atoms with Gasteiger partial charge in [0.05, 0.1) is 27.6 Å². The van der Waals surface area contributed by atoms with Crippen LogP contribution in [-0.4, -0.2) is 67.8 Å². The molecule has 0 saturated carbocycles. The van der Waals surface area contributed by atoms with Gasteiger partial charge in [-0.1, -0.05) is 120 Å². The van der Waals surface area contributed by atoms with E-state index in [1.54, 1.807) is 97.1 Å². The third-order valence-corrected chi connectivity index (χ3v) is 11.8. The SMILES string of the molecule is CC(C)=CCCC(C)=CCOc1c(OCc2ccccc2)c2ccc(O[C@H]3O[C@H](COC(=O)c4ccccc4)[C@@H](OC(=O)c4ccccc4)[C@H](OC(=O)c4ccccc4)[C@@H]3OC(=O)c3ccccc3)cc2oc1=O. The van der Waals surface area contributed by atoms with Crippen LogP contribution in [0.4, 0.5) is 0 Å². The Labute approximate surface area is 427 Å². The molecule has 1 aliphatic heterocycles. The number of benzene rings is 6. The quantitative estimate of drug-likeness (QED) is 0.0305. The Morgan fingerprint density at radius 2 is 1.07 bits per heavy atom. The standard InChI is InChI=1S/C60H54O14/c1-39(2)20-19-21-40(3)34-35-66-53-50(67-37-41-22-9-4-10-23-41)47-33-32-46(36-48(47)70-59(53)65)69-60-54(74-58(64)45-30-17-8-18-31-45)52(73-57(63)44-28-15-7-16-29-44)51(72-56(62)43-26-13-6-14-27-43)49(71-60)38-68-55(61)42-24-11-5-12-25-42/h4-18,20,22-34,36,49,51-52,54,60H,19,21,35,37-38H2,1-3H3/t49-,51-,52+,54+,60+/m1/s1. The molecule has 0 aliphatic carbocycles. The van der Waals surface area contributed by atoms with E-state index >= 15 is 0 Å². The lowest BCUT2D eigenvalue weighted by atomic mass is 9.97. The third-order valence-electron chi connectivity index (χ3n) is 11.8. The summed E-state index contributed by atoms with van der Waals surface area (Å²) in [6.45, 7) is 5.68. The van der Waals surface area contributed by atoms with Gasteiger partial charge in [-0.3, -0.25) is 0 Å². The van der Waals surface area contributed by atoms with E-state index in [0.717, 1.165) is 24.0 Å². The van der Waals surface area contributed by atoms with E-state index in [0.29, 0.717) is 5.39 Å². The third kappa shape index (κ3) is 13.6. The number of hydrogen-bond donors (Lipinski definition) is 0. The fraction of sp³-hybridized carbons (Fsp3) is 0.217. The largest absolute Gasteiger partial charge is 0.484 e. The number of carbonyl (C=O) groups is 4. The molecule has 5 atom stereocenters. The first-order valence-electron chi connectivity index (χ1n) is 24.0. The molecule has 1 saturated heterocycles. The van der Waals surface area contributed by atoms with E-state index in [-0.39, 0.29) is 58.3 Å². The lowest BCUT2D eigenvalue weighted by Gasteiger charge is -2.44. The van der Waals surface area contributed by atoms with Crippen LogP contribution < -0.4 is 19.8 Å². The second-order valence-corrected chi connectivity index (χ2v) is 17.5. The van der Waals surface area contributed by atoms with Crippen molar-refractivity contribution in [3.63, 3.8) is 0 Å². The van der Waals surface area contributed by atoms with Gasteiger partial charge >= 0.3 is 29.5 Å². The van der Waals surface area contributed by atoms with E-state index < -0.39 is 66.8 Å². The zero-order valence-electron chi connectivity index (χ0n) is 41.0. The van der Waals surface area contributed by atoms with Crippen LogP contribution in [0.3, 0.4) is 0 Å². The van der Waals surface area contributed by atoms with Gasteiger partial charge in [-0.05, 0) is 106 Å². The van der Waals surface area contributed by atoms with Gasteiger partial charge in [0.15, 0.2) is 18.0 Å². The van der Waals surface area contributed by atoms with Crippen LogP contribution >= 0.6 is 0 Å². The number of hydrogen-bond acceptors (Lipinski definition) is 14. The minimum atomic E-state index is -1.69. The Morgan fingerprint density at radius 3 is 1.62 bits per heavy atom. The minimum Gasteiger partial charge on any atom is -0.484 e. The predicted octanol–water partition coefficient (Wildman–Crippen LogP) is 11.1. The molecular formula is C60H54O14. The van der Waals surface area contributed by atoms with E-state index in [1.165, 1.54) is 48.0 Å². The number of rotatable bonds is 20. The van der Waals surface area contributed by atoms with Gasteiger partial charge in [0, 0.05) is 6.07 Å². The molecule has 2 heterocycles. The highest BCUT2D eigenvalue weighted by molar-refractivity contribution is 5.92. The lowest BCUT2D eigenvalue weighted by molar-refractivity contribution is -0.275. The van der Waals surface area contributed by atoms with Crippen molar-refractivity contribution in [2.45, 2.75) is 70.9 Å². The molecule has 1 aromatic heterocycles. The Hall–Kier alpha value is -8.75. The van der Waals surface area contributed by atoms with Crippen molar-refractivity contribution in [1.29, 1.82) is 0 Å². The molecule has 378 valence electrons. The maximum atomic E-state index is 14.1. The molecule has 0 amide bonds. The summed E-state index contributed by atoms with van der Waals surface area (Å²) in [6, 6.07) is 46.3. The molecule has 14 heteroatoms. The molecule has 1 fully saturated rings. The van der Waals surface area contributed by atoms with E-state index in [9.17, 15) is 24.0 Å². The number of ether oxygens (including phenoxy) is 8. The second-order valence-electron chi connectivity index (χ2n) is 17.5. The highest BCUT2D eigenvalue weighted by atomic mass is 16.7. The van der Waals surface area contributed by atoms with E-state index in [1.807, 2.05) is 57.2 Å². The average Bonchev–Trinajstić information content (AvgIpc) is 3.42. The second kappa shape index (κ2) is 25.1. The summed E-state index contributed by atoms with van der Waals surface area (Å²) in [4.78, 5) is 69.6. The Morgan fingerprint density at radius 1 is 0.554 bits per heavy atom. The summed E-state index contributed by atoms with van der Waals surface area (Å²) in [5.41, 5.74) is 2.94. The molecule has 0 radical (unpaired) electrons. The molecule has 8 rings (SSSR count). The van der Waals surface area contributed by atoms with Gasteiger partial charge < -0.3 is 42.3 Å². The predicted molar refractivity (Wildman–Crippen MR) is 274 cm³/mol. The molecule has 7 aromatic rings. The van der Waals surface area contributed by atoms with Crippen LogP contribution in [0, 0.1) is 0 Å². The van der Waals surface area contributed by atoms with Crippen molar-refractivity contribution in [3.05, 3.63) is 231 Å². The van der Waals surface area contributed by atoms with Gasteiger partial charge in [0.1, 0.15) is 37.3 Å². The Bertz CT molecular complexity index is 3130. The van der Waals surface area contributed by atoms with Crippen molar-refractivity contribution in [2.24, 2.45) is 0 Å². The van der Waals surface area contributed by atoms with Crippen LogP contribution in [-0.2, 0) is 30.3 Å². The highest BCUT2D eigenvalue weighted by Crippen LogP contribution is 2.38. The summed E-state index contributed by atoms with van der Waals surface area (Å²) >= 11 is 0. The molecule has 0 spiro atoms. The van der Waals surface area contributed by atoms with Crippen molar-refractivity contribution < 1.29 is 61.5 Å². The fourth-order valence-corrected chi connectivity index (χ4v) is 7.92. The zero-order chi connectivity index (χ0) is 51.8. The topological polar surface area (TPSA) is 172 Å². The van der Waals surface area contributed by atoms with Crippen molar-refractivity contribution in [1.82, 2.24) is 0 Å². The highest BCUT2D eigenvalue weighted by Gasteiger charge is 2.54. The van der Waals surface area contributed by atoms with Gasteiger partial charge in [-0.15, -0.1) is 0 Å². The summed E-state index contributed by atoms with van der Waals surface area (Å²) in [5.74, 6) is -3.31. The van der Waals surface area contributed by atoms with Gasteiger partial charge in [-0.2, -0.15) is 0 Å². The van der Waals surface area contributed by atoms with Gasteiger partial charge in [0.2, 0.25) is 18.1 Å². The van der Waals surface area contributed by atoms with Crippen molar-refractivity contribution in [2.75, 3.05) is 13.2 Å². The fourth-order valence-electron chi connectivity index (χ4n) is 7.92. The molecule has 1 aliphatic rings. The maximum absolute atomic E-state index is 14.1. The molecule has 74 heavy (non-hydrogen) atoms. The van der Waals surface area contributed by atoms with Gasteiger partial charge in [0.25, 0.3) is 0 Å². The lowest BCUT2D eigenvalue weighted by Crippen LogP contribution is -2.63. The number of fused-ring (bicyclic) bond motifs is 1. The van der Waals surface area contributed by atoms with Crippen molar-refractivity contribution in [3.8, 4) is 17.2 Å². The molecule has 0 bridgehead atoms. The monoisotopic (exact) mass is 998 g/mol. The Kier molecular flexibility index (Phi) is 17.5. The first kappa shape index (κ1) is 51.6.